The fourth-order valence-corrected chi connectivity index (χ4v) is 2.70. The molecule has 8 heteroatoms. The lowest BCUT2D eigenvalue weighted by molar-refractivity contribution is 0.0726. The molecule has 2 rings (SSSR count). The van der Waals surface area contributed by atoms with Gasteiger partial charge in [-0.05, 0) is 21.0 Å². The van der Waals surface area contributed by atoms with E-state index >= 15 is 0 Å². The SMILES string of the molecule is COc1cc(OC)c(C(=O)N(CCN(C)C)Cc2cnc(C)[nH]2)cc1OC. The van der Waals surface area contributed by atoms with E-state index < -0.39 is 0 Å². The second-order valence-electron chi connectivity index (χ2n) is 6.43. The highest BCUT2D eigenvalue weighted by molar-refractivity contribution is 5.97. The van der Waals surface area contributed by atoms with E-state index in [0.29, 0.717) is 35.9 Å². The molecule has 0 saturated carbocycles. The number of hydrogen-bond acceptors (Lipinski definition) is 6. The van der Waals surface area contributed by atoms with Crippen LogP contribution < -0.4 is 14.2 Å². The summed E-state index contributed by atoms with van der Waals surface area (Å²) in [4.78, 5) is 24.5. The number of benzene rings is 1. The largest absolute Gasteiger partial charge is 0.496 e. The summed E-state index contributed by atoms with van der Waals surface area (Å²) in [5.74, 6) is 2.09. The Bertz CT molecular complexity index is 773. The Morgan fingerprint density at radius 2 is 1.67 bits per heavy atom. The summed E-state index contributed by atoms with van der Waals surface area (Å²) < 4.78 is 16.1. The van der Waals surface area contributed by atoms with Gasteiger partial charge < -0.3 is 29.0 Å². The van der Waals surface area contributed by atoms with Crippen molar-refractivity contribution in [3.05, 3.63) is 35.4 Å². The smallest absolute Gasteiger partial charge is 0.258 e. The number of aryl methyl sites for hydroxylation is 1. The van der Waals surface area contributed by atoms with Crippen LogP contribution in [0.25, 0.3) is 0 Å². The molecule has 0 saturated heterocycles. The van der Waals surface area contributed by atoms with E-state index in [2.05, 4.69) is 9.97 Å². The van der Waals surface area contributed by atoms with Gasteiger partial charge in [0.1, 0.15) is 11.6 Å². The third-order valence-corrected chi connectivity index (χ3v) is 4.16. The van der Waals surface area contributed by atoms with Crippen molar-refractivity contribution >= 4 is 5.91 Å². The summed E-state index contributed by atoms with van der Waals surface area (Å²) in [6, 6.07) is 3.32. The number of methoxy groups -OCH3 is 3. The molecule has 0 unspecified atom stereocenters. The number of nitrogens with zero attached hydrogens (tertiary/aromatic N) is 3. The van der Waals surface area contributed by atoms with Crippen molar-refractivity contribution in [3.8, 4) is 17.2 Å². The van der Waals surface area contributed by atoms with Gasteiger partial charge >= 0.3 is 0 Å². The Kier molecular flexibility index (Phi) is 7.06. The number of ether oxygens (including phenoxy) is 3. The molecular weight excluding hydrogens is 348 g/mol. The van der Waals surface area contributed by atoms with E-state index in [1.807, 2.05) is 25.9 Å². The molecule has 0 radical (unpaired) electrons. The van der Waals surface area contributed by atoms with Crippen molar-refractivity contribution in [1.29, 1.82) is 0 Å². The number of likely N-dealkylation sites (N-methyl/N-ethyl adjacent to an activating group) is 1. The van der Waals surface area contributed by atoms with E-state index in [9.17, 15) is 4.79 Å². The Morgan fingerprint density at radius 1 is 1.04 bits per heavy atom. The number of imidazole rings is 1. The Balaban J connectivity index is 2.37. The molecule has 1 heterocycles. The van der Waals surface area contributed by atoms with E-state index in [-0.39, 0.29) is 5.91 Å². The van der Waals surface area contributed by atoms with Crippen LogP contribution in [-0.4, -0.2) is 74.2 Å². The van der Waals surface area contributed by atoms with E-state index in [0.717, 1.165) is 18.1 Å². The molecule has 1 aromatic heterocycles. The number of hydrogen-bond donors (Lipinski definition) is 1. The molecule has 1 amide bonds. The van der Waals surface area contributed by atoms with Crippen molar-refractivity contribution in [3.63, 3.8) is 0 Å². The van der Waals surface area contributed by atoms with Crippen LogP contribution in [0.1, 0.15) is 21.9 Å². The fourth-order valence-electron chi connectivity index (χ4n) is 2.70. The van der Waals surface area contributed by atoms with Crippen LogP contribution in [0.15, 0.2) is 18.3 Å². The first-order chi connectivity index (χ1) is 12.9. The molecule has 0 fully saturated rings. The minimum atomic E-state index is -0.151. The summed E-state index contributed by atoms with van der Waals surface area (Å²) in [5.41, 5.74) is 1.30. The predicted octanol–water partition coefficient (Wildman–Crippen LogP) is 1.95. The van der Waals surface area contributed by atoms with Crippen LogP contribution in [0.3, 0.4) is 0 Å². The summed E-state index contributed by atoms with van der Waals surface area (Å²) in [6.07, 6.45) is 1.75. The number of aromatic amines is 1. The molecule has 0 spiro atoms. The van der Waals surface area contributed by atoms with Gasteiger partial charge in [-0.2, -0.15) is 0 Å². The average molecular weight is 376 g/mol. The Morgan fingerprint density at radius 3 is 2.19 bits per heavy atom. The molecule has 148 valence electrons. The van der Waals surface area contributed by atoms with Crippen molar-refractivity contribution in [2.75, 3.05) is 48.5 Å². The van der Waals surface area contributed by atoms with Crippen LogP contribution in [0.4, 0.5) is 0 Å². The standard InChI is InChI=1S/C19H28N4O4/c1-13-20-11-14(21-13)12-23(8-7-22(2)3)19(24)15-9-17(26-5)18(27-6)10-16(15)25-4/h9-11H,7-8,12H2,1-6H3,(H,20,21). The summed E-state index contributed by atoms with van der Waals surface area (Å²) in [5, 5.41) is 0. The molecule has 2 aromatic rings. The molecule has 1 N–H and O–H groups in total. The second-order valence-corrected chi connectivity index (χ2v) is 6.43. The van der Waals surface area contributed by atoms with E-state index in [1.165, 1.54) is 14.2 Å². The highest BCUT2D eigenvalue weighted by atomic mass is 16.5. The third kappa shape index (κ3) is 5.13. The lowest BCUT2D eigenvalue weighted by Gasteiger charge is -2.25. The van der Waals surface area contributed by atoms with E-state index in [4.69, 9.17) is 14.2 Å². The quantitative estimate of drug-likeness (QED) is 0.721. The highest BCUT2D eigenvalue weighted by Crippen LogP contribution is 2.35. The number of amides is 1. The van der Waals surface area contributed by atoms with Gasteiger partial charge in [-0.1, -0.05) is 0 Å². The van der Waals surface area contributed by atoms with Crippen molar-refractivity contribution in [2.45, 2.75) is 13.5 Å². The van der Waals surface area contributed by atoms with Gasteiger partial charge in [0, 0.05) is 25.2 Å². The van der Waals surface area contributed by atoms with Crippen LogP contribution in [0.5, 0.6) is 17.2 Å². The van der Waals surface area contributed by atoms with Gasteiger partial charge in [0.15, 0.2) is 11.5 Å². The van der Waals surface area contributed by atoms with Gasteiger partial charge in [0.05, 0.1) is 45.3 Å². The molecular formula is C19H28N4O4. The zero-order valence-electron chi connectivity index (χ0n) is 16.8. The normalized spacial score (nSPS) is 10.8. The number of nitrogens with one attached hydrogen (secondary N) is 1. The number of H-pyrrole nitrogens is 1. The predicted molar refractivity (Wildman–Crippen MR) is 103 cm³/mol. The first kappa shape index (κ1) is 20.6. The van der Waals surface area contributed by atoms with Crippen LogP contribution >= 0.6 is 0 Å². The molecule has 0 bridgehead atoms. The maximum atomic E-state index is 13.3. The minimum absolute atomic E-state index is 0.151. The van der Waals surface area contributed by atoms with Gasteiger partial charge in [-0.3, -0.25) is 4.79 Å². The molecule has 27 heavy (non-hydrogen) atoms. The van der Waals surface area contributed by atoms with Crippen LogP contribution in [-0.2, 0) is 6.54 Å². The van der Waals surface area contributed by atoms with E-state index in [1.54, 1.807) is 30.3 Å². The third-order valence-electron chi connectivity index (χ3n) is 4.16. The first-order valence-corrected chi connectivity index (χ1v) is 8.64. The maximum Gasteiger partial charge on any atom is 0.258 e. The monoisotopic (exact) mass is 376 g/mol. The Labute approximate surface area is 160 Å². The summed E-state index contributed by atoms with van der Waals surface area (Å²) in [6.45, 7) is 3.59. The van der Waals surface area contributed by atoms with Gasteiger partial charge in [-0.15, -0.1) is 0 Å². The molecule has 0 aliphatic rings. The van der Waals surface area contributed by atoms with Crippen molar-refractivity contribution < 1.29 is 19.0 Å². The lowest BCUT2D eigenvalue weighted by atomic mass is 10.1. The van der Waals surface area contributed by atoms with Gasteiger partial charge in [-0.25, -0.2) is 4.98 Å². The second kappa shape index (κ2) is 9.27. The topological polar surface area (TPSA) is 79.9 Å². The molecule has 0 atom stereocenters. The molecule has 0 aliphatic carbocycles. The number of carbonyl (C=O) groups is 1. The Hall–Kier alpha value is -2.74. The highest BCUT2D eigenvalue weighted by Gasteiger charge is 2.23. The maximum absolute atomic E-state index is 13.3. The fraction of sp³-hybridized carbons (Fsp3) is 0.474. The first-order valence-electron chi connectivity index (χ1n) is 8.64. The average Bonchev–Trinajstić information content (AvgIpc) is 3.07. The van der Waals surface area contributed by atoms with Crippen LogP contribution in [0, 0.1) is 6.92 Å². The number of carbonyl (C=O) groups excluding carboxylic acids is 1. The number of aromatic nitrogens is 2. The van der Waals surface area contributed by atoms with Crippen molar-refractivity contribution in [2.24, 2.45) is 0 Å². The van der Waals surface area contributed by atoms with Gasteiger partial charge in [0.2, 0.25) is 0 Å². The van der Waals surface area contributed by atoms with Crippen LogP contribution in [0.2, 0.25) is 0 Å². The van der Waals surface area contributed by atoms with Crippen molar-refractivity contribution in [1.82, 2.24) is 19.8 Å². The summed E-state index contributed by atoms with van der Waals surface area (Å²) >= 11 is 0. The molecule has 0 aliphatic heterocycles. The lowest BCUT2D eigenvalue weighted by Crippen LogP contribution is -2.36. The molecule has 8 nitrogen and oxygen atoms in total. The zero-order valence-corrected chi connectivity index (χ0v) is 16.8. The summed E-state index contributed by atoms with van der Waals surface area (Å²) in [7, 11) is 8.55. The number of rotatable bonds is 9. The minimum Gasteiger partial charge on any atom is -0.496 e. The molecule has 1 aromatic carbocycles. The van der Waals surface area contributed by atoms with Gasteiger partial charge in [0.25, 0.3) is 5.91 Å². The zero-order chi connectivity index (χ0) is 20.0.